The average Bonchev–Trinajstić information content (AvgIpc) is 2.31. The Hall–Kier alpha value is -1.62. The predicted molar refractivity (Wildman–Crippen MR) is 76.3 cm³/mol. The Balaban J connectivity index is 2.46. The summed E-state index contributed by atoms with van der Waals surface area (Å²) in [6.07, 6.45) is -0.560. The normalized spacial score (nSPS) is 19.1. The highest BCUT2D eigenvalue weighted by Crippen LogP contribution is 2.36. The highest BCUT2D eigenvalue weighted by atomic mass is 19.1. The lowest BCUT2D eigenvalue weighted by atomic mass is 10.00. The number of anilines is 1. The van der Waals surface area contributed by atoms with Crippen LogP contribution in [0.2, 0.25) is 0 Å². The molecule has 20 heavy (non-hydrogen) atoms. The molecule has 0 aromatic heterocycles. The molecule has 1 amide bonds. The summed E-state index contributed by atoms with van der Waals surface area (Å²) in [6, 6.07) is 4.20. The first-order valence-electron chi connectivity index (χ1n) is 6.75. The van der Waals surface area contributed by atoms with Crippen LogP contribution in [0.15, 0.2) is 18.2 Å². The Morgan fingerprint density at radius 2 is 2.10 bits per heavy atom. The Morgan fingerprint density at radius 3 is 2.65 bits per heavy atom. The van der Waals surface area contributed by atoms with Crippen LogP contribution in [0.5, 0.6) is 5.75 Å². The molecule has 0 aliphatic carbocycles. The zero-order chi connectivity index (χ0) is 15.1. The summed E-state index contributed by atoms with van der Waals surface area (Å²) in [4.78, 5) is 14.1. The summed E-state index contributed by atoms with van der Waals surface area (Å²) in [5, 5.41) is 0. The molecule has 5 heteroatoms. The molecule has 0 saturated heterocycles. The van der Waals surface area contributed by atoms with E-state index in [0.29, 0.717) is 18.0 Å². The van der Waals surface area contributed by atoms with Crippen molar-refractivity contribution in [1.82, 2.24) is 0 Å². The van der Waals surface area contributed by atoms with Gasteiger partial charge in [0, 0.05) is 18.2 Å². The van der Waals surface area contributed by atoms with Crippen LogP contribution in [0, 0.1) is 11.7 Å². The highest BCUT2D eigenvalue weighted by Gasteiger charge is 2.38. The highest BCUT2D eigenvalue weighted by molar-refractivity contribution is 6.00. The maximum Gasteiger partial charge on any atom is 0.268 e. The van der Waals surface area contributed by atoms with Crippen LogP contribution in [0.3, 0.4) is 0 Å². The molecule has 110 valence electrons. The van der Waals surface area contributed by atoms with E-state index in [1.54, 1.807) is 6.07 Å². The lowest BCUT2D eigenvalue weighted by molar-refractivity contribution is -0.128. The molecule has 0 fully saturated rings. The lowest BCUT2D eigenvalue weighted by Gasteiger charge is -2.38. The summed E-state index contributed by atoms with van der Waals surface area (Å²) >= 11 is 0. The third kappa shape index (κ3) is 2.93. The summed E-state index contributed by atoms with van der Waals surface area (Å²) in [6.45, 7) is 7.82. The minimum Gasteiger partial charge on any atom is -0.478 e. The van der Waals surface area contributed by atoms with E-state index < -0.39 is 17.5 Å². The van der Waals surface area contributed by atoms with Crippen molar-refractivity contribution in [2.24, 2.45) is 11.7 Å². The SMILES string of the molecule is CC(C)C1Oc2ccc(F)cc2N(CC(C)(C)N)C1=O. The van der Waals surface area contributed by atoms with Gasteiger partial charge < -0.3 is 15.4 Å². The first-order chi connectivity index (χ1) is 9.19. The maximum absolute atomic E-state index is 13.5. The predicted octanol–water partition coefficient (Wildman–Crippen LogP) is 2.31. The number of hydrogen-bond acceptors (Lipinski definition) is 3. The lowest BCUT2D eigenvalue weighted by Crippen LogP contribution is -2.54. The Bertz CT molecular complexity index is 523. The number of halogens is 1. The summed E-state index contributed by atoms with van der Waals surface area (Å²) in [5.74, 6) is -0.0161. The molecule has 1 heterocycles. The third-order valence-corrected chi connectivity index (χ3v) is 3.15. The van der Waals surface area contributed by atoms with E-state index in [1.165, 1.54) is 17.0 Å². The molecule has 0 bridgehead atoms. The van der Waals surface area contributed by atoms with E-state index >= 15 is 0 Å². The zero-order valence-electron chi connectivity index (χ0n) is 12.3. The van der Waals surface area contributed by atoms with E-state index in [9.17, 15) is 9.18 Å². The Labute approximate surface area is 118 Å². The van der Waals surface area contributed by atoms with E-state index in [-0.39, 0.29) is 11.8 Å². The molecule has 2 N–H and O–H groups in total. The van der Waals surface area contributed by atoms with Gasteiger partial charge in [-0.3, -0.25) is 4.79 Å². The topological polar surface area (TPSA) is 55.6 Å². The van der Waals surface area contributed by atoms with Crippen molar-refractivity contribution in [3.8, 4) is 5.75 Å². The Morgan fingerprint density at radius 1 is 1.45 bits per heavy atom. The van der Waals surface area contributed by atoms with Crippen LogP contribution in [-0.2, 0) is 4.79 Å². The Kier molecular flexibility index (Phi) is 3.73. The fourth-order valence-corrected chi connectivity index (χ4v) is 2.25. The maximum atomic E-state index is 13.5. The van der Waals surface area contributed by atoms with Gasteiger partial charge in [-0.25, -0.2) is 4.39 Å². The smallest absolute Gasteiger partial charge is 0.268 e. The molecule has 1 aromatic carbocycles. The van der Waals surface area contributed by atoms with Gasteiger partial charge in [-0.2, -0.15) is 0 Å². The number of rotatable bonds is 3. The fourth-order valence-electron chi connectivity index (χ4n) is 2.25. The van der Waals surface area contributed by atoms with Crippen molar-refractivity contribution >= 4 is 11.6 Å². The second-order valence-electron chi connectivity index (χ2n) is 6.31. The van der Waals surface area contributed by atoms with E-state index in [1.807, 2.05) is 27.7 Å². The number of nitrogens with two attached hydrogens (primary N) is 1. The summed E-state index contributed by atoms with van der Waals surface area (Å²) in [7, 11) is 0. The van der Waals surface area contributed by atoms with Gasteiger partial charge in [0.15, 0.2) is 6.10 Å². The van der Waals surface area contributed by atoms with Crippen molar-refractivity contribution in [2.45, 2.75) is 39.3 Å². The zero-order valence-corrected chi connectivity index (χ0v) is 12.3. The molecule has 1 aliphatic heterocycles. The van der Waals surface area contributed by atoms with Gasteiger partial charge in [0.1, 0.15) is 11.6 Å². The number of hydrogen-bond donors (Lipinski definition) is 1. The fraction of sp³-hybridized carbons (Fsp3) is 0.533. The molecular weight excluding hydrogens is 259 g/mol. The van der Waals surface area contributed by atoms with Crippen LogP contribution < -0.4 is 15.4 Å². The molecule has 0 spiro atoms. The average molecular weight is 280 g/mol. The van der Waals surface area contributed by atoms with Gasteiger partial charge in [0.25, 0.3) is 5.91 Å². The van der Waals surface area contributed by atoms with Crippen molar-refractivity contribution in [3.63, 3.8) is 0 Å². The molecule has 1 aromatic rings. The standard InChI is InChI=1S/C15H21FN2O2/c1-9(2)13-14(19)18(8-15(3,4)17)11-7-10(16)5-6-12(11)20-13/h5-7,9,13H,8,17H2,1-4H3. The molecular formula is C15H21FN2O2. The second-order valence-corrected chi connectivity index (χ2v) is 6.31. The van der Waals surface area contributed by atoms with Crippen molar-refractivity contribution < 1.29 is 13.9 Å². The minimum absolute atomic E-state index is 0.0316. The van der Waals surface area contributed by atoms with Crippen LogP contribution in [0.25, 0.3) is 0 Å². The summed E-state index contributed by atoms with van der Waals surface area (Å²) in [5.41, 5.74) is 5.89. The van der Waals surface area contributed by atoms with Gasteiger partial charge >= 0.3 is 0 Å². The first kappa shape index (κ1) is 14.8. The number of carbonyl (C=O) groups excluding carboxylic acids is 1. The number of benzene rings is 1. The third-order valence-electron chi connectivity index (χ3n) is 3.15. The second kappa shape index (κ2) is 5.05. The van der Waals surface area contributed by atoms with Crippen LogP contribution in [-0.4, -0.2) is 24.1 Å². The van der Waals surface area contributed by atoms with Gasteiger partial charge in [-0.1, -0.05) is 13.8 Å². The quantitative estimate of drug-likeness (QED) is 0.924. The van der Waals surface area contributed by atoms with E-state index in [4.69, 9.17) is 10.5 Å². The van der Waals surface area contributed by atoms with Crippen LogP contribution >= 0.6 is 0 Å². The first-order valence-corrected chi connectivity index (χ1v) is 6.75. The number of ether oxygens (including phenoxy) is 1. The molecule has 0 saturated carbocycles. The molecule has 2 rings (SSSR count). The van der Waals surface area contributed by atoms with E-state index in [2.05, 4.69) is 0 Å². The largest absolute Gasteiger partial charge is 0.478 e. The number of fused-ring (bicyclic) bond motifs is 1. The van der Waals surface area contributed by atoms with Gasteiger partial charge in [-0.05, 0) is 31.9 Å². The number of amides is 1. The van der Waals surface area contributed by atoms with Crippen LogP contribution in [0.4, 0.5) is 10.1 Å². The monoisotopic (exact) mass is 280 g/mol. The van der Waals surface area contributed by atoms with Gasteiger partial charge in [0.2, 0.25) is 0 Å². The summed E-state index contributed by atoms with van der Waals surface area (Å²) < 4.78 is 19.2. The van der Waals surface area contributed by atoms with Crippen LogP contribution in [0.1, 0.15) is 27.7 Å². The van der Waals surface area contributed by atoms with Gasteiger partial charge in [-0.15, -0.1) is 0 Å². The molecule has 1 aliphatic rings. The van der Waals surface area contributed by atoms with Crippen molar-refractivity contribution in [2.75, 3.05) is 11.4 Å². The molecule has 4 nitrogen and oxygen atoms in total. The molecule has 1 atom stereocenters. The molecule has 0 radical (unpaired) electrons. The van der Waals surface area contributed by atoms with Crippen molar-refractivity contribution in [3.05, 3.63) is 24.0 Å². The van der Waals surface area contributed by atoms with Gasteiger partial charge in [0.05, 0.1) is 5.69 Å². The number of nitrogens with zero attached hydrogens (tertiary/aromatic N) is 1. The minimum atomic E-state index is -0.571. The van der Waals surface area contributed by atoms with E-state index in [0.717, 1.165) is 0 Å². The van der Waals surface area contributed by atoms with Crippen molar-refractivity contribution in [1.29, 1.82) is 0 Å². The number of carbonyl (C=O) groups is 1. The molecule has 1 unspecified atom stereocenters.